The number of rotatable bonds is 6. The van der Waals surface area contributed by atoms with Crippen molar-refractivity contribution in [3.05, 3.63) is 12.2 Å². The van der Waals surface area contributed by atoms with E-state index in [0.717, 1.165) is 12.0 Å². The Hall–Kier alpha value is -0.830. The first-order valence-electron chi connectivity index (χ1n) is 5.62. The van der Waals surface area contributed by atoms with Crippen molar-refractivity contribution in [1.29, 1.82) is 0 Å². The van der Waals surface area contributed by atoms with Crippen molar-refractivity contribution < 1.29 is 4.79 Å². The lowest BCUT2D eigenvalue weighted by Crippen LogP contribution is -2.47. The zero-order valence-corrected chi connectivity index (χ0v) is 10.4. The molecule has 2 unspecified atom stereocenters. The average molecular weight is 212 g/mol. The molecule has 0 aromatic carbocycles. The van der Waals surface area contributed by atoms with E-state index < -0.39 is 0 Å². The molecule has 2 atom stereocenters. The van der Waals surface area contributed by atoms with E-state index in [-0.39, 0.29) is 17.9 Å². The van der Waals surface area contributed by atoms with E-state index in [1.165, 1.54) is 0 Å². The molecule has 0 heterocycles. The summed E-state index contributed by atoms with van der Waals surface area (Å²) >= 11 is 0. The van der Waals surface area contributed by atoms with E-state index in [1.54, 1.807) is 4.90 Å². The fraction of sp³-hybridized carbons (Fsp3) is 0.750. The van der Waals surface area contributed by atoms with Crippen LogP contribution < -0.4 is 5.73 Å². The Morgan fingerprint density at radius 2 is 2.00 bits per heavy atom. The second-order valence-corrected chi connectivity index (χ2v) is 4.22. The number of nitrogens with zero attached hydrogens (tertiary/aromatic N) is 1. The van der Waals surface area contributed by atoms with Crippen molar-refractivity contribution in [2.24, 2.45) is 11.7 Å². The molecule has 3 nitrogen and oxygen atoms in total. The third kappa shape index (κ3) is 4.47. The molecule has 1 amide bonds. The van der Waals surface area contributed by atoms with Crippen LogP contribution in [0.3, 0.4) is 0 Å². The molecule has 0 bridgehead atoms. The van der Waals surface area contributed by atoms with Crippen LogP contribution in [-0.2, 0) is 4.79 Å². The Labute approximate surface area is 93.3 Å². The van der Waals surface area contributed by atoms with Crippen molar-refractivity contribution in [2.45, 2.75) is 40.2 Å². The number of hydrogen-bond donors (Lipinski definition) is 1. The summed E-state index contributed by atoms with van der Waals surface area (Å²) in [6.07, 6.45) is 0.928. The largest absolute Gasteiger partial charge is 0.338 e. The number of carbonyl (C=O) groups is 1. The molecule has 0 saturated carbocycles. The molecular weight excluding hydrogens is 188 g/mol. The Balaban J connectivity index is 4.43. The maximum absolute atomic E-state index is 12.0. The van der Waals surface area contributed by atoms with Crippen LogP contribution in [0, 0.1) is 5.92 Å². The SMILES string of the molecule is C=C(C)CN(CC)C(=O)C(N)C(C)CC. The van der Waals surface area contributed by atoms with Gasteiger partial charge in [-0.15, -0.1) is 0 Å². The fourth-order valence-electron chi connectivity index (χ4n) is 1.38. The van der Waals surface area contributed by atoms with Gasteiger partial charge in [0, 0.05) is 13.1 Å². The molecule has 15 heavy (non-hydrogen) atoms. The van der Waals surface area contributed by atoms with Crippen molar-refractivity contribution >= 4 is 5.91 Å². The quantitative estimate of drug-likeness (QED) is 0.682. The third-order valence-electron chi connectivity index (χ3n) is 2.70. The fourth-order valence-corrected chi connectivity index (χ4v) is 1.38. The van der Waals surface area contributed by atoms with Gasteiger partial charge in [-0.1, -0.05) is 32.4 Å². The predicted molar refractivity (Wildman–Crippen MR) is 64.5 cm³/mol. The Morgan fingerprint density at radius 3 is 2.33 bits per heavy atom. The maximum atomic E-state index is 12.0. The summed E-state index contributed by atoms with van der Waals surface area (Å²) in [6, 6.07) is -0.380. The lowest BCUT2D eigenvalue weighted by molar-refractivity contribution is -0.133. The summed E-state index contributed by atoms with van der Waals surface area (Å²) in [5.74, 6) is 0.270. The van der Waals surface area contributed by atoms with Crippen LogP contribution >= 0.6 is 0 Å². The van der Waals surface area contributed by atoms with Gasteiger partial charge in [0.05, 0.1) is 6.04 Å². The summed E-state index contributed by atoms with van der Waals surface area (Å²) < 4.78 is 0. The van der Waals surface area contributed by atoms with Crippen LogP contribution in [0.2, 0.25) is 0 Å². The van der Waals surface area contributed by atoms with Gasteiger partial charge in [-0.25, -0.2) is 0 Å². The zero-order chi connectivity index (χ0) is 12.0. The molecule has 0 rings (SSSR count). The van der Waals surface area contributed by atoms with Crippen molar-refractivity contribution in [1.82, 2.24) is 4.90 Å². The molecule has 88 valence electrons. The first kappa shape index (κ1) is 14.2. The minimum absolute atomic E-state index is 0.0369. The normalized spacial score (nSPS) is 14.5. The van der Waals surface area contributed by atoms with E-state index in [1.807, 2.05) is 27.7 Å². The van der Waals surface area contributed by atoms with Crippen molar-refractivity contribution in [3.8, 4) is 0 Å². The second kappa shape index (κ2) is 6.62. The summed E-state index contributed by atoms with van der Waals surface area (Å²) in [4.78, 5) is 13.7. The number of carbonyl (C=O) groups excluding carboxylic acids is 1. The van der Waals surface area contributed by atoms with Crippen LogP contribution in [0.1, 0.15) is 34.1 Å². The average Bonchev–Trinajstić information content (AvgIpc) is 2.22. The van der Waals surface area contributed by atoms with Crippen LogP contribution in [0.4, 0.5) is 0 Å². The summed E-state index contributed by atoms with van der Waals surface area (Å²) in [5, 5.41) is 0. The Kier molecular flexibility index (Phi) is 6.25. The smallest absolute Gasteiger partial charge is 0.240 e. The van der Waals surface area contributed by atoms with Crippen LogP contribution in [-0.4, -0.2) is 29.9 Å². The molecular formula is C12H24N2O. The second-order valence-electron chi connectivity index (χ2n) is 4.22. The van der Waals surface area contributed by atoms with E-state index in [2.05, 4.69) is 6.58 Å². The highest BCUT2D eigenvalue weighted by Gasteiger charge is 2.23. The Bertz CT molecular complexity index is 226. The van der Waals surface area contributed by atoms with Gasteiger partial charge in [-0.3, -0.25) is 4.79 Å². The van der Waals surface area contributed by atoms with Crippen LogP contribution in [0.15, 0.2) is 12.2 Å². The molecule has 0 aromatic heterocycles. The summed E-state index contributed by atoms with van der Waals surface area (Å²) in [5.41, 5.74) is 6.89. The topological polar surface area (TPSA) is 46.3 Å². The molecule has 2 N–H and O–H groups in total. The van der Waals surface area contributed by atoms with Gasteiger partial charge < -0.3 is 10.6 Å². The molecule has 0 aromatic rings. The molecule has 0 spiro atoms. The predicted octanol–water partition coefficient (Wildman–Crippen LogP) is 1.78. The van der Waals surface area contributed by atoms with Gasteiger partial charge in [0.15, 0.2) is 0 Å². The minimum Gasteiger partial charge on any atom is -0.338 e. The van der Waals surface area contributed by atoms with Crippen LogP contribution in [0.5, 0.6) is 0 Å². The molecule has 0 aliphatic carbocycles. The highest BCUT2D eigenvalue weighted by molar-refractivity contribution is 5.82. The van der Waals surface area contributed by atoms with E-state index in [0.29, 0.717) is 13.1 Å². The molecule has 0 aliphatic rings. The monoisotopic (exact) mass is 212 g/mol. The van der Waals surface area contributed by atoms with Gasteiger partial charge in [-0.2, -0.15) is 0 Å². The maximum Gasteiger partial charge on any atom is 0.240 e. The first-order valence-corrected chi connectivity index (χ1v) is 5.62. The number of hydrogen-bond acceptors (Lipinski definition) is 2. The van der Waals surface area contributed by atoms with Gasteiger partial charge in [-0.05, 0) is 19.8 Å². The van der Waals surface area contributed by atoms with Gasteiger partial charge in [0.2, 0.25) is 5.91 Å². The van der Waals surface area contributed by atoms with E-state index in [4.69, 9.17) is 5.73 Å². The van der Waals surface area contributed by atoms with E-state index >= 15 is 0 Å². The lowest BCUT2D eigenvalue weighted by Gasteiger charge is -2.27. The highest BCUT2D eigenvalue weighted by atomic mass is 16.2. The highest BCUT2D eigenvalue weighted by Crippen LogP contribution is 2.09. The van der Waals surface area contributed by atoms with Crippen molar-refractivity contribution in [2.75, 3.05) is 13.1 Å². The van der Waals surface area contributed by atoms with Crippen molar-refractivity contribution in [3.63, 3.8) is 0 Å². The summed E-state index contributed by atoms with van der Waals surface area (Å²) in [6.45, 7) is 13.1. The molecule has 0 aliphatic heterocycles. The third-order valence-corrected chi connectivity index (χ3v) is 2.70. The number of likely N-dealkylation sites (N-methyl/N-ethyl adjacent to an activating group) is 1. The molecule has 0 fully saturated rings. The lowest BCUT2D eigenvalue weighted by atomic mass is 9.99. The first-order chi connectivity index (χ1) is 6.93. The molecule has 3 heteroatoms. The number of nitrogens with two attached hydrogens (primary N) is 1. The summed E-state index contributed by atoms with van der Waals surface area (Å²) in [7, 11) is 0. The standard InChI is InChI=1S/C12H24N2O/c1-6-10(5)11(13)12(15)14(7-2)8-9(3)4/h10-11H,3,6-8,13H2,1-2,4-5H3. The number of amides is 1. The van der Waals surface area contributed by atoms with Gasteiger partial charge >= 0.3 is 0 Å². The minimum atomic E-state index is -0.380. The molecule has 0 saturated heterocycles. The van der Waals surface area contributed by atoms with Gasteiger partial charge in [0.25, 0.3) is 0 Å². The van der Waals surface area contributed by atoms with Crippen LogP contribution in [0.25, 0.3) is 0 Å². The van der Waals surface area contributed by atoms with Gasteiger partial charge in [0.1, 0.15) is 0 Å². The Morgan fingerprint density at radius 1 is 1.47 bits per heavy atom. The molecule has 0 radical (unpaired) electrons. The van der Waals surface area contributed by atoms with E-state index in [9.17, 15) is 4.79 Å². The zero-order valence-electron chi connectivity index (χ0n) is 10.4.